The van der Waals surface area contributed by atoms with Crippen LogP contribution >= 0.6 is 0 Å². The van der Waals surface area contributed by atoms with Gasteiger partial charge in [0.15, 0.2) is 0 Å². The van der Waals surface area contributed by atoms with Crippen LogP contribution in [0.4, 0.5) is 10.3 Å². The first-order chi connectivity index (χ1) is 14.2. The normalized spacial score (nSPS) is 10.8. The summed E-state index contributed by atoms with van der Waals surface area (Å²) in [6, 6.07) is 18.4. The number of tetrazole rings is 1. The van der Waals surface area contributed by atoms with Crippen molar-refractivity contribution >= 4 is 16.7 Å². The predicted molar refractivity (Wildman–Crippen MR) is 110 cm³/mol. The topological polar surface area (TPSA) is 64.9 Å². The van der Waals surface area contributed by atoms with Gasteiger partial charge in [-0.25, -0.2) is 9.07 Å². The lowest BCUT2D eigenvalue weighted by molar-refractivity contribution is 0.303. The Labute approximate surface area is 167 Å². The molecular weight excluding hydrogens is 369 g/mol. The number of fused-ring (bicyclic) bond motifs is 1. The molecule has 6 nitrogen and oxygen atoms in total. The first-order valence-corrected chi connectivity index (χ1v) is 9.23. The Morgan fingerprint density at radius 2 is 1.90 bits per heavy atom. The van der Waals surface area contributed by atoms with Crippen LogP contribution in [-0.4, -0.2) is 20.2 Å². The Morgan fingerprint density at radius 1 is 1.07 bits per heavy atom. The van der Waals surface area contributed by atoms with Gasteiger partial charge in [-0.3, -0.25) is 0 Å². The molecule has 0 aliphatic carbocycles. The third-order valence-corrected chi connectivity index (χ3v) is 4.56. The van der Waals surface area contributed by atoms with Gasteiger partial charge in [-0.15, -0.1) is 6.58 Å². The van der Waals surface area contributed by atoms with Crippen molar-refractivity contribution in [2.24, 2.45) is 0 Å². The maximum Gasteiger partial charge on any atom is 0.243 e. The molecule has 3 aromatic carbocycles. The number of hydrogen-bond acceptors (Lipinski definition) is 5. The van der Waals surface area contributed by atoms with Crippen LogP contribution in [0.3, 0.4) is 0 Å². The molecule has 1 N–H and O–H groups in total. The van der Waals surface area contributed by atoms with E-state index in [2.05, 4.69) is 39.6 Å². The van der Waals surface area contributed by atoms with Crippen molar-refractivity contribution in [1.29, 1.82) is 0 Å². The summed E-state index contributed by atoms with van der Waals surface area (Å²) in [6.45, 7) is 5.06. The first kappa shape index (κ1) is 18.6. The Hall–Kier alpha value is -3.74. The van der Waals surface area contributed by atoms with E-state index in [0.717, 1.165) is 27.6 Å². The van der Waals surface area contributed by atoms with Gasteiger partial charge in [0.1, 0.15) is 18.2 Å². The van der Waals surface area contributed by atoms with E-state index in [4.69, 9.17) is 4.74 Å². The maximum absolute atomic E-state index is 13.1. The van der Waals surface area contributed by atoms with Crippen molar-refractivity contribution in [1.82, 2.24) is 20.2 Å². The van der Waals surface area contributed by atoms with Gasteiger partial charge in [-0.1, -0.05) is 53.6 Å². The van der Waals surface area contributed by atoms with Gasteiger partial charge >= 0.3 is 0 Å². The van der Waals surface area contributed by atoms with Crippen molar-refractivity contribution in [3.8, 4) is 5.75 Å². The fourth-order valence-electron chi connectivity index (χ4n) is 3.12. The second-order valence-corrected chi connectivity index (χ2v) is 6.51. The summed E-state index contributed by atoms with van der Waals surface area (Å²) in [5, 5.41) is 17.2. The zero-order chi connectivity index (χ0) is 20.1. The van der Waals surface area contributed by atoms with Crippen molar-refractivity contribution in [2.75, 3.05) is 5.32 Å². The number of ether oxygens (including phenoxy) is 1. The zero-order valence-corrected chi connectivity index (χ0v) is 15.8. The molecule has 4 rings (SSSR count). The monoisotopic (exact) mass is 389 g/mol. The molecule has 0 fully saturated rings. The molecular formula is C22H20FN5O. The highest BCUT2D eigenvalue weighted by molar-refractivity contribution is 5.88. The number of rotatable bonds is 8. The molecule has 0 aliphatic rings. The van der Waals surface area contributed by atoms with E-state index in [-0.39, 0.29) is 5.82 Å². The van der Waals surface area contributed by atoms with E-state index in [1.165, 1.54) is 12.1 Å². The number of hydrogen-bond donors (Lipinski definition) is 1. The van der Waals surface area contributed by atoms with Crippen LogP contribution in [0, 0.1) is 5.82 Å². The van der Waals surface area contributed by atoms with Gasteiger partial charge in [0.05, 0.1) is 6.54 Å². The number of nitrogens with zero attached hydrogens (tertiary/aromatic N) is 4. The predicted octanol–water partition coefficient (Wildman–Crippen LogP) is 4.34. The summed E-state index contributed by atoms with van der Waals surface area (Å²) in [5.74, 6) is 1.05. The molecule has 0 bridgehead atoms. The minimum atomic E-state index is -0.262. The number of nitrogens with one attached hydrogen (secondary N) is 1. The van der Waals surface area contributed by atoms with E-state index in [0.29, 0.717) is 25.6 Å². The van der Waals surface area contributed by atoms with Crippen molar-refractivity contribution < 1.29 is 9.13 Å². The van der Waals surface area contributed by atoms with Gasteiger partial charge in [0.2, 0.25) is 5.95 Å². The molecule has 1 heterocycles. The highest BCUT2D eigenvalue weighted by Gasteiger charge is 2.12. The summed E-state index contributed by atoms with van der Waals surface area (Å²) in [7, 11) is 0. The molecule has 4 aromatic rings. The minimum Gasteiger partial charge on any atom is -0.489 e. The zero-order valence-electron chi connectivity index (χ0n) is 15.8. The number of halogens is 1. The van der Waals surface area contributed by atoms with Crippen molar-refractivity contribution in [3.05, 3.63) is 90.3 Å². The molecule has 7 heteroatoms. The Balaban J connectivity index is 1.60. The molecule has 0 saturated carbocycles. The summed E-state index contributed by atoms with van der Waals surface area (Å²) < 4.78 is 20.9. The van der Waals surface area contributed by atoms with E-state index >= 15 is 0 Å². The average Bonchev–Trinajstić information content (AvgIpc) is 3.19. The Kier molecular flexibility index (Phi) is 5.47. The standard InChI is InChI=1S/C22H20FN5O/c1-2-13-28-22(25-26-27-28)24-14-20-19-6-4-3-5-17(19)9-12-21(20)29-15-16-7-10-18(23)11-8-16/h2-12H,1,13-15H2,(H,24,25,27). The van der Waals surface area contributed by atoms with Gasteiger partial charge in [-0.05, 0) is 45.0 Å². The molecule has 1 aromatic heterocycles. The van der Waals surface area contributed by atoms with Crippen LogP contribution in [0.25, 0.3) is 10.8 Å². The lowest BCUT2D eigenvalue weighted by Gasteiger charge is -2.15. The first-order valence-electron chi connectivity index (χ1n) is 9.23. The molecule has 0 unspecified atom stereocenters. The van der Waals surface area contributed by atoms with Gasteiger partial charge in [0.25, 0.3) is 0 Å². The van der Waals surface area contributed by atoms with Crippen LogP contribution in [0.15, 0.2) is 73.3 Å². The Morgan fingerprint density at radius 3 is 2.72 bits per heavy atom. The molecule has 146 valence electrons. The average molecular weight is 389 g/mol. The van der Waals surface area contributed by atoms with Crippen LogP contribution < -0.4 is 10.1 Å². The van der Waals surface area contributed by atoms with Crippen LogP contribution in [0.2, 0.25) is 0 Å². The summed E-state index contributed by atoms with van der Waals surface area (Å²) in [4.78, 5) is 0. The second-order valence-electron chi connectivity index (χ2n) is 6.51. The van der Waals surface area contributed by atoms with E-state index < -0.39 is 0 Å². The molecule has 0 atom stereocenters. The van der Waals surface area contributed by atoms with E-state index in [1.807, 2.05) is 24.3 Å². The highest BCUT2D eigenvalue weighted by Crippen LogP contribution is 2.29. The maximum atomic E-state index is 13.1. The van der Waals surface area contributed by atoms with Gasteiger partial charge < -0.3 is 10.1 Å². The lowest BCUT2D eigenvalue weighted by atomic mass is 10.0. The number of anilines is 1. The van der Waals surface area contributed by atoms with Crippen molar-refractivity contribution in [2.45, 2.75) is 19.7 Å². The highest BCUT2D eigenvalue weighted by atomic mass is 19.1. The molecule has 0 saturated heterocycles. The molecule has 0 aliphatic heterocycles. The van der Waals surface area contributed by atoms with Crippen LogP contribution in [-0.2, 0) is 19.7 Å². The SMILES string of the molecule is C=CCn1nnnc1NCc1c(OCc2ccc(F)cc2)ccc2ccccc12. The Bertz CT molecular complexity index is 1120. The molecule has 0 radical (unpaired) electrons. The number of aromatic nitrogens is 4. The molecule has 0 spiro atoms. The van der Waals surface area contributed by atoms with Crippen LogP contribution in [0.1, 0.15) is 11.1 Å². The number of benzene rings is 3. The molecule has 0 amide bonds. The fourth-order valence-corrected chi connectivity index (χ4v) is 3.12. The minimum absolute atomic E-state index is 0.262. The number of allylic oxidation sites excluding steroid dienone is 1. The largest absolute Gasteiger partial charge is 0.489 e. The third-order valence-electron chi connectivity index (χ3n) is 4.56. The van der Waals surface area contributed by atoms with Gasteiger partial charge in [-0.2, -0.15) is 0 Å². The second kappa shape index (κ2) is 8.52. The van der Waals surface area contributed by atoms with E-state index in [1.54, 1.807) is 22.9 Å². The molecule has 29 heavy (non-hydrogen) atoms. The van der Waals surface area contributed by atoms with Crippen LogP contribution in [0.5, 0.6) is 5.75 Å². The summed E-state index contributed by atoms with van der Waals surface area (Å²) >= 11 is 0. The summed E-state index contributed by atoms with van der Waals surface area (Å²) in [5.41, 5.74) is 1.90. The quantitative estimate of drug-likeness (QED) is 0.454. The van der Waals surface area contributed by atoms with Gasteiger partial charge in [0, 0.05) is 12.1 Å². The lowest BCUT2D eigenvalue weighted by Crippen LogP contribution is -2.10. The fraction of sp³-hybridized carbons (Fsp3) is 0.136. The van der Waals surface area contributed by atoms with Crippen molar-refractivity contribution in [3.63, 3.8) is 0 Å². The summed E-state index contributed by atoms with van der Waals surface area (Å²) in [6.07, 6.45) is 1.73. The third kappa shape index (κ3) is 4.24. The van der Waals surface area contributed by atoms with E-state index in [9.17, 15) is 4.39 Å². The smallest absolute Gasteiger partial charge is 0.243 e.